The lowest BCUT2D eigenvalue weighted by Crippen LogP contribution is -2.31. The fourth-order valence-electron chi connectivity index (χ4n) is 2.30. The number of amides is 3. The third-order valence-corrected chi connectivity index (χ3v) is 3.82. The Balaban J connectivity index is 1.78. The van der Waals surface area contributed by atoms with Crippen LogP contribution in [0.5, 0.6) is 0 Å². The van der Waals surface area contributed by atoms with E-state index < -0.39 is 0 Å². The van der Waals surface area contributed by atoms with Gasteiger partial charge >= 0.3 is 6.03 Å². The molecule has 106 valence electrons. The number of hydrogen-bond donors (Lipinski definition) is 0. The smallest absolute Gasteiger partial charge is 0.327 e. The van der Waals surface area contributed by atoms with Crippen molar-refractivity contribution in [2.24, 2.45) is 0 Å². The Labute approximate surface area is 114 Å². The normalized spacial score (nSPS) is 26.3. The number of urea groups is 1. The summed E-state index contributed by atoms with van der Waals surface area (Å²) in [7, 11) is 1.64. The van der Waals surface area contributed by atoms with Gasteiger partial charge in [-0.2, -0.15) is 0 Å². The lowest BCUT2D eigenvalue weighted by molar-refractivity contribution is -0.124. The first-order valence-electron chi connectivity index (χ1n) is 6.70. The minimum atomic E-state index is -0.208. The highest BCUT2D eigenvalue weighted by Gasteiger charge is 2.46. The molecule has 2 fully saturated rings. The van der Waals surface area contributed by atoms with E-state index in [0.717, 1.165) is 12.8 Å². The number of carbonyl (C=O) groups is 2. The van der Waals surface area contributed by atoms with Gasteiger partial charge in [-0.1, -0.05) is 11.6 Å². The molecule has 5 nitrogen and oxygen atoms in total. The molecule has 2 rings (SSSR count). The van der Waals surface area contributed by atoms with Gasteiger partial charge < -0.3 is 9.64 Å². The first-order valence-corrected chi connectivity index (χ1v) is 6.70. The Morgan fingerprint density at radius 2 is 2.11 bits per heavy atom. The Morgan fingerprint density at radius 1 is 1.47 bits per heavy atom. The zero-order valence-corrected chi connectivity index (χ0v) is 12.1. The summed E-state index contributed by atoms with van der Waals surface area (Å²) in [4.78, 5) is 26.0. The van der Waals surface area contributed by atoms with E-state index in [2.05, 4.69) is 13.8 Å². The molecule has 0 aromatic carbocycles. The number of hydrogen-bond acceptors (Lipinski definition) is 3. The molecule has 0 bridgehead atoms. The second-order valence-electron chi connectivity index (χ2n) is 5.94. The average Bonchev–Trinajstić information content (AvgIpc) is 2.85. The number of likely N-dealkylation sites (N-methyl/N-ethyl adjacent to an activating group) is 1. The van der Waals surface area contributed by atoms with Crippen molar-refractivity contribution in [3.63, 3.8) is 0 Å². The highest BCUT2D eigenvalue weighted by molar-refractivity contribution is 6.01. The maximum absolute atomic E-state index is 11.7. The molecule has 2 heterocycles. The van der Waals surface area contributed by atoms with Crippen LogP contribution in [0, 0.1) is 0 Å². The van der Waals surface area contributed by atoms with E-state index in [9.17, 15) is 9.59 Å². The summed E-state index contributed by atoms with van der Waals surface area (Å²) in [5, 5.41) is 0. The first kappa shape index (κ1) is 14.1. The lowest BCUT2D eigenvalue weighted by Gasteiger charge is -2.12. The minimum absolute atomic E-state index is 0.0316. The summed E-state index contributed by atoms with van der Waals surface area (Å²) in [6.45, 7) is 6.78. The third kappa shape index (κ3) is 3.15. The molecule has 2 saturated heterocycles. The molecule has 0 spiro atoms. The standard InChI is InChI=1S/C14H22N2O3/c1-10(5-6-11-14(2,3)19-11)7-8-16-12(17)9-15(4)13(16)18/h7,11H,5-6,8-9H2,1-4H3/b10-7+/t11-/m0/s1. The zero-order chi connectivity index (χ0) is 14.2. The van der Waals surface area contributed by atoms with E-state index >= 15 is 0 Å². The fourth-order valence-corrected chi connectivity index (χ4v) is 2.30. The molecule has 0 saturated carbocycles. The summed E-state index contributed by atoms with van der Waals surface area (Å²) in [5.74, 6) is -0.122. The summed E-state index contributed by atoms with van der Waals surface area (Å²) in [5.41, 5.74) is 1.23. The van der Waals surface area contributed by atoms with Crippen LogP contribution in [0.4, 0.5) is 4.79 Å². The van der Waals surface area contributed by atoms with Crippen molar-refractivity contribution in [1.29, 1.82) is 0 Å². The molecule has 0 aliphatic carbocycles. The average molecular weight is 266 g/mol. The molecule has 0 radical (unpaired) electrons. The van der Waals surface area contributed by atoms with Crippen LogP contribution < -0.4 is 0 Å². The Morgan fingerprint density at radius 3 is 2.58 bits per heavy atom. The van der Waals surface area contributed by atoms with Gasteiger partial charge in [0.15, 0.2) is 0 Å². The second-order valence-corrected chi connectivity index (χ2v) is 5.94. The zero-order valence-electron chi connectivity index (χ0n) is 12.1. The minimum Gasteiger partial charge on any atom is -0.367 e. The Kier molecular flexibility index (Phi) is 3.67. The van der Waals surface area contributed by atoms with Crippen molar-refractivity contribution in [2.45, 2.75) is 45.3 Å². The molecule has 0 aromatic heterocycles. The van der Waals surface area contributed by atoms with Crippen LogP contribution in [0.25, 0.3) is 0 Å². The van der Waals surface area contributed by atoms with Gasteiger partial charge in [-0.15, -0.1) is 0 Å². The molecule has 5 heteroatoms. The molecule has 0 N–H and O–H groups in total. The van der Waals surface area contributed by atoms with Gasteiger partial charge in [-0.05, 0) is 33.6 Å². The predicted molar refractivity (Wildman–Crippen MR) is 71.7 cm³/mol. The van der Waals surface area contributed by atoms with Crippen LogP contribution in [0.1, 0.15) is 33.6 Å². The number of rotatable bonds is 5. The quantitative estimate of drug-likeness (QED) is 0.433. The van der Waals surface area contributed by atoms with Gasteiger partial charge in [0.25, 0.3) is 5.91 Å². The van der Waals surface area contributed by atoms with Crippen molar-refractivity contribution >= 4 is 11.9 Å². The van der Waals surface area contributed by atoms with E-state index in [1.54, 1.807) is 7.05 Å². The van der Waals surface area contributed by atoms with Gasteiger partial charge in [-0.25, -0.2) is 4.79 Å². The SMILES string of the molecule is C/C(=C\CN1C(=O)CN(C)C1=O)CC[C@@H]1OC1(C)C. The molecule has 2 aliphatic heterocycles. The van der Waals surface area contributed by atoms with Gasteiger partial charge in [0, 0.05) is 13.6 Å². The predicted octanol–water partition coefficient (Wildman–Crippen LogP) is 1.78. The molecule has 1 atom stereocenters. The molecule has 2 aliphatic rings. The van der Waals surface area contributed by atoms with Gasteiger partial charge in [0.1, 0.15) is 6.54 Å². The van der Waals surface area contributed by atoms with Crippen LogP contribution in [0.3, 0.4) is 0 Å². The second kappa shape index (κ2) is 4.96. The maximum atomic E-state index is 11.7. The fraction of sp³-hybridized carbons (Fsp3) is 0.714. The molecule has 0 unspecified atom stereocenters. The largest absolute Gasteiger partial charge is 0.367 e. The van der Waals surface area contributed by atoms with E-state index in [0.29, 0.717) is 12.6 Å². The van der Waals surface area contributed by atoms with Crippen molar-refractivity contribution in [3.8, 4) is 0 Å². The van der Waals surface area contributed by atoms with E-state index in [1.165, 1.54) is 15.4 Å². The number of ether oxygens (including phenoxy) is 1. The topological polar surface area (TPSA) is 53.2 Å². The number of epoxide rings is 1. The first-order chi connectivity index (χ1) is 8.81. The number of allylic oxidation sites excluding steroid dienone is 1. The van der Waals surface area contributed by atoms with Gasteiger partial charge in [-0.3, -0.25) is 9.69 Å². The monoisotopic (exact) mass is 266 g/mol. The lowest BCUT2D eigenvalue weighted by atomic mass is 10.0. The van der Waals surface area contributed by atoms with Crippen molar-refractivity contribution in [2.75, 3.05) is 20.1 Å². The Bertz CT molecular complexity index is 428. The summed E-state index contributed by atoms with van der Waals surface area (Å²) in [6, 6.07) is -0.208. The van der Waals surface area contributed by atoms with Crippen molar-refractivity contribution < 1.29 is 14.3 Å². The van der Waals surface area contributed by atoms with Crippen LogP contribution in [0.15, 0.2) is 11.6 Å². The summed E-state index contributed by atoms with van der Waals surface area (Å²) in [6.07, 6.45) is 4.25. The van der Waals surface area contributed by atoms with Gasteiger partial charge in [0.05, 0.1) is 11.7 Å². The van der Waals surface area contributed by atoms with E-state index in [-0.39, 0.29) is 24.1 Å². The summed E-state index contributed by atoms with van der Waals surface area (Å²) < 4.78 is 5.53. The number of imide groups is 1. The Hall–Kier alpha value is -1.36. The molecular formula is C14H22N2O3. The molecule has 0 aromatic rings. The molecule has 3 amide bonds. The van der Waals surface area contributed by atoms with E-state index in [1.807, 2.05) is 13.0 Å². The summed E-state index contributed by atoms with van der Waals surface area (Å²) >= 11 is 0. The number of nitrogens with zero attached hydrogens (tertiary/aromatic N) is 2. The van der Waals surface area contributed by atoms with Crippen LogP contribution in [-0.4, -0.2) is 53.6 Å². The highest BCUT2D eigenvalue weighted by atomic mass is 16.6. The third-order valence-electron chi connectivity index (χ3n) is 3.82. The molecular weight excluding hydrogens is 244 g/mol. The highest BCUT2D eigenvalue weighted by Crippen LogP contribution is 2.38. The van der Waals surface area contributed by atoms with Crippen molar-refractivity contribution in [1.82, 2.24) is 9.80 Å². The van der Waals surface area contributed by atoms with Crippen molar-refractivity contribution in [3.05, 3.63) is 11.6 Å². The van der Waals surface area contributed by atoms with Crippen LogP contribution in [0.2, 0.25) is 0 Å². The number of carbonyl (C=O) groups excluding carboxylic acids is 2. The van der Waals surface area contributed by atoms with Crippen LogP contribution >= 0.6 is 0 Å². The molecule has 19 heavy (non-hydrogen) atoms. The van der Waals surface area contributed by atoms with Crippen LogP contribution in [-0.2, 0) is 9.53 Å². The maximum Gasteiger partial charge on any atom is 0.327 e. The van der Waals surface area contributed by atoms with E-state index in [4.69, 9.17) is 4.74 Å². The van der Waals surface area contributed by atoms with Gasteiger partial charge in [0.2, 0.25) is 0 Å².